The van der Waals surface area contributed by atoms with Crippen molar-refractivity contribution in [2.45, 2.75) is 20.4 Å². The number of carbonyl (C=O) groups excluding carboxylic acids is 2. The lowest BCUT2D eigenvalue weighted by Gasteiger charge is -2.12. The monoisotopic (exact) mass is 580 g/mol. The average Bonchev–Trinajstić information content (AvgIpc) is 3.32. The Balaban J connectivity index is 1.42. The van der Waals surface area contributed by atoms with Gasteiger partial charge >= 0.3 is 0 Å². The molecule has 1 aliphatic heterocycles. The number of thioether (sulfide) groups is 1. The van der Waals surface area contributed by atoms with E-state index in [1.165, 1.54) is 16.0 Å². The Hall–Kier alpha value is -3.00. The molecular formula is C28H22BrClN2O3S. The normalized spacial score (nSPS) is 14.9. The predicted octanol–water partition coefficient (Wildman–Crippen LogP) is 7.99. The minimum absolute atomic E-state index is 0.333. The number of rotatable bonds is 6. The van der Waals surface area contributed by atoms with Crippen LogP contribution < -0.4 is 9.64 Å². The Bertz CT molecular complexity index is 1530. The summed E-state index contributed by atoms with van der Waals surface area (Å²) in [5.41, 5.74) is 4.80. The number of hydrogen-bond acceptors (Lipinski definition) is 4. The molecule has 1 aliphatic rings. The van der Waals surface area contributed by atoms with Gasteiger partial charge in [0.2, 0.25) is 0 Å². The summed E-state index contributed by atoms with van der Waals surface area (Å²) >= 11 is 10.4. The zero-order chi connectivity index (χ0) is 25.4. The lowest BCUT2D eigenvalue weighted by atomic mass is 10.1. The highest BCUT2D eigenvalue weighted by atomic mass is 79.9. The van der Waals surface area contributed by atoms with Crippen LogP contribution in [0.25, 0.3) is 17.0 Å². The number of amides is 2. The van der Waals surface area contributed by atoms with Crippen LogP contribution in [0.2, 0.25) is 5.02 Å². The maximum Gasteiger partial charge on any atom is 0.298 e. The van der Waals surface area contributed by atoms with Crippen LogP contribution in [0.1, 0.15) is 16.7 Å². The summed E-state index contributed by atoms with van der Waals surface area (Å²) in [6.45, 7) is 5.27. The van der Waals surface area contributed by atoms with Crippen molar-refractivity contribution >= 4 is 73.1 Å². The molecule has 5 nitrogen and oxygen atoms in total. The summed E-state index contributed by atoms with van der Waals surface area (Å²) in [6.07, 6.45) is 3.79. The fourth-order valence-electron chi connectivity index (χ4n) is 4.08. The molecule has 1 saturated heterocycles. The number of fused-ring (bicyclic) bond motifs is 1. The lowest BCUT2D eigenvalue weighted by Crippen LogP contribution is -2.27. The van der Waals surface area contributed by atoms with Crippen LogP contribution >= 0.6 is 39.3 Å². The maximum atomic E-state index is 13.1. The van der Waals surface area contributed by atoms with Gasteiger partial charge in [-0.25, -0.2) is 4.90 Å². The molecule has 0 atom stereocenters. The third-order valence-electron chi connectivity index (χ3n) is 6.12. The van der Waals surface area contributed by atoms with E-state index in [1.807, 2.05) is 36.5 Å². The molecule has 0 saturated carbocycles. The summed E-state index contributed by atoms with van der Waals surface area (Å²) in [7, 11) is 0. The third kappa shape index (κ3) is 4.96. The van der Waals surface area contributed by atoms with Crippen molar-refractivity contribution < 1.29 is 14.3 Å². The minimum atomic E-state index is -0.346. The number of anilines is 1. The van der Waals surface area contributed by atoms with Gasteiger partial charge in [0.1, 0.15) is 12.4 Å². The number of carbonyl (C=O) groups is 2. The number of imide groups is 1. The Morgan fingerprint density at radius 3 is 2.53 bits per heavy atom. The second-order valence-corrected chi connectivity index (χ2v) is 10.9. The molecule has 182 valence electrons. The van der Waals surface area contributed by atoms with Crippen LogP contribution in [0.5, 0.6) is 5.75 Å². The molecule has 3 aromatic carbocycles. The van der Waals surface area contributed by atoms with E-state index in [0.717, 1.165) is 38.5 Å². The molecule has 1 fully saturated rings. The standard InChI is InChI=1S/C28H22BrClN2O3S/c1-17-3-9-23(13-18(17)2)35-12-11-31-16-19(24-15-20(29)4-10-25(24)31)14-26-27(33)32(28(34)36-26)22-7-5-21(30)6-8-22/h3-10,13-16H,11-12H2,1-2H3/b26-14-. The smallest absolute Gasteiger partial charge is 0.298 e. The van der Waals surface area contributed by atoms with Gasteiger partial charge < -0.3 is 9.30 Å². The molecule has 0 radical (unpaired) electrons. The summed E-state index contributed by atoms with van der Waals surface area (Å²) in [5.74, 6) is 0.495. The van der Waals surface area contributed by atoms with E-state index in [4.69, 9.17) is 16.3 Å². The van der Waals surface area contributed by atoms with E-state index in [0.29, 0.717) is 28.8 Å². The second kappa shape index (κ2) is 10.2. The minimum Gasteiger partial charge on any atom is -0.492 e. The first-order valence-electron chi connectivity index (χ1n) is 11.3. The van der Waals surface area contributed by atoms with Gasteiger partial charge in [0.25, 0.3) is 11.1 Å². The number of aromatic nitrogens is 1. The van der Waals surface area contributed by atoms with Crippen molar-refractivity contribution in [3.8, 4) is 5.75 Å². The van der Waals surface area contributed by atoms with Gasteiger partial charge in [-0.3, -0.25) is 9.59 Å². The number of ether oxygens (including phenoxy) is 1. The number of aryl methyl sites for hydroxylation is 2. The number of halogens is 2. The van der Waals surface area contributed by atoms with Crippen LogP contribution in [-0.4, -0.2) is 22.3 Å². The second-order valence-electron chi connectivity index (χ2n) is 8.53. The van der Waals surface area contributed by atoms with E-state index in [9.17, 15) is 9.59 Å². The van der Waals surface area contributed by atoms with Crippen molar-refractivity contribution in [3.05, 3.63) is 98.0 Å². The van der Waals surface area contributed by atoms with Crippen molar-refractivity contribution in [2.75, 3.05) is 11.5 Å². The van der Waals surface area contributed by atoms with Crippen molar-refractivity contribution in [3.63, 3.8) is 0 Å². The van der Waals surface area contributed by atoms with Gasteiger partial charge in [0.15, 0.2) is 0 Å². The Kier molecular flexibility index (Phi) is 6.97. The first-order chi connectivity index (χ1) is 17.3. The largest absolute Gasteiger partial charge is 0.492 e. The van der Waals surface area contributed by atoms with Gasteiger partial charge in [-0.05, 0) is 97.4 Å². The Morgan fingerprint density at radius 2 is 1.78 bits per heavy atom. The molecule has 0 aliphatic carbocycles. The molecule has 2 amide bonds. The Labute approximate surface area is 226 Å². The Morgan fingerprint density at radius 1 is 1.00 bits per heavy atom. The van der Waals surface area contributed by atoms with Gasteiger partial charge in [0.05, 0.1) is 17.1 Å². The summed E-state index contributed by atoms with van der Waals surface area (Å²) in [6, 6.07) is 18.8. The van der Waals surface area contributed by atoms with E-state index in [2.05, 4.69) is 40.4 Å². The summed E-state index contributed by atoms with van der Waals surface area (Å²) in [4.78, 5) is 27.4. The topological polar surface area (TPSA) is 51.5 Å². The van der Waals surface area contributed by atoms with Crippen LogP contribution in [0, 0.1) is 13.8 Å². The van der Waals surface area contributed by atoms with Gasteiger partial charge in [-0.15, -0.1) is 0 Å². The maximum absolute atomic E-state index is 13.1. The van der Waals surface area contributed by atoms with E-state index < -0.39 is 0 Å². The van der Waals surface area contributed by atoms with Crippen LogP contribution in [0.4, 0.5) is 10.5 Å². The lowest BCUT2D eigenvalue weighted by molar-refractivity contribution is -0.113. The third-order valence-corrected chi connectivity index (χ3v) is 7.73. The highest BCUT2D eigenvalue weighted by Crippen LogP contribution is 2.37. The zero-order valence-corrected chi connectivity index (χ0v) is 22.8. The van der Waals surface area contributed by atoms with Crippen LogP contribution in [0.15, 0.2) is 76.2 Å². The van der Waals surface area contributed by atoms with Crippen molar-refractivity contribution in [2.24, 2.45) is 0 Å². The quantitative estimate of drug-likeness (QED) is 0.217. The zero-order valence-electron chi connectivity index (χ0n) is 19.6. The van der Waals surface area contributed by atoms with E-state index in [1.54, 1.807) is 30.3 Å². The predicted molar refractivity (Wildman–Crippen MR) is 151 cm³/mol. The highest BCUT2D eigenvalue weighted by molar-refractivity contribution is 9.10. The molecule has 0 N–H and O–H groups in total. The van der Waals surface area contributed by atoms with Gasteiger partial charge in [-0.2, -0.15) is 0 Å². The molecule has 36 heavy (non-hydrogen) atoms. The summed E-state index contributed by atoms with van der Waals surface area (Å²) < 4.78 is 9.04. The van der Waals surface area contributed by atoms with Crippen molar-refractivity contribution in [1.82, 2.24) is 4.57 Å². The van der Waals surface area contributed by atoms with Crippen LogP contribution in [0.3, 0.4) is 0 Å². The fraction of sp³-hybridized carbons (Fsp3) is 0.143. The molecule has 5 rings (SSSR count). The first kappa shape index (κ1) is 24.7. The fourth-order valence-corrected chi connectivity index (χ4v) is 5.40. The molecule has 8 heteroatoms. The molecule has 4 aromatic rings. The molecule has 2 heterocycles. The molecule has 1 aromatic heterocycles. The van der Waals surface area contributed by atoms with E-state index in [-0.39, 0.29) is 11.1 Å². The number of nitrogens with zero attached hydrogens (tertiary/aromatic N) is 2. The molecular weight excluding hydrogens is 560 g/mol. The van der Waals surface area contributed by atoms with Crippen molar-refractivity contribution in [1.29, 1.82) is 0 Å². The van der Waals surface area contributed by atoms with Crippen LogP contribution in [-0.2, 0) is 11.3 Å². The number of hydrogen-bond donors (Lipinski definition) is 0. The molecule has 0 bridgehead atoms. The molecule has 0 unspecified atom stereocenters. The van der Waals surface area contributed by atoms with Gasteiger partial charge in [0, 0.05) is 32.2 Å². The SMILES string of the molecule is Cc1ccc(OCCn2cc(/C=C3\SC(=O)N(c4ccc(Cl)cc4)C3=O)c3cc(Br)ccc32)cc1C. The van der Waals surface area contributed by atoms with E-state index >= 15 is 0 Å². The highest BCUT2D eigenvalue weighted by Gasteiger charge is 2.36. The average molecular weight is 582 g/mol. The summed E-state index contributed by atoms with van der Waals surface area (Å²) in [5, 5.41) is 1.19. The molecule has 0 spiro atoms. The van der Waals surface area contributed by atoms with Gasteiger partial charge in [-0.1, -0.05) is 33.6 Å². The number of benzene rings is 3. The first-order valence-corrected chi connectivity index (χ1v) is 13.3.